The Kier molecular flexibility index (Phi) is 3.00. The van der Waals surface area contributed by atoms with Crippen LogP contribution in [0.5, 0.6) is 0 Å². The van der Waals surface area contributed by atoms with E-state index in [-0.39, 0.29) is 0 Å². The topological polar surface area (TPSA) is 20.2 Å². The monoisotopic (exact) mass is 212 g/mol. The summed E-state index contributed by atoms with van der Waals surface area (Å²) in [5, 5.41) is 9.25. The van der Waals surface area contributed by atoms with Gasteiger partial charge in [0.2, 0.25) is 0 Å². The summed E-state index contributed by atoms with van der Waals surface area (Å²) in [6, 6.07) is 5.21. The largest absolute Gasteiger partial charge is 0.382 e. The van der Waals surface area contributed by atoms with Gasteiger partial charge in [0, 0.05) is 0 Å². The second-order valence-corrected chi connectivity index (χ2v) is 4.01. The van der Waals surface area contributed by atoms with E-state index in [1.165, 1.54) is 12.0 Å². The third kappa shape index (κ3) is 2.17. The molecule has 1 aromatic carbocycles. The Labute approximate surface area is 87.7 Å². The molecule has 0 amide bonds. The van der Waals surface area contributed by atoms with Gasteiger partial charge in [0.15, 0.2) is 0 Å². The highest BCUT2D eigenvalue weighted by Gasteiger charge is 2.20. The second kappa shape index (κ2) is 4.27. The number of aliphatic hydroxyl groups excluding tert-OH is 1. The maximum absolute atomic E-state index is 12.3. The molecule has 0 aliphatic heterocycles. The van der Waals surface area contributed by atoms with E-state index in [1.54, 1.807) is 12.1 Å². The zero-order chi connectivity index (χ0) is 10.8. The van der Waals surface area contributed by atoms with E-state index >= 15 is 0 Å². The first-order chi connectivity index (χ1) is 7.18. The molecule has 1 nitrogen and oxygen atoms in total. The average Bonchev–Trinajstić information content (AvgIpc) is 2.27. The molecule has 0 heterocycles. The smallest absolute Gasteiger partial charge is 0.268 e. The van der Waals surface area contributed by atoms with Crippen molar-refractivity contribution in [1.82, 2.24) is 0 Å². The molecule has 2 rings (SSSR count). The first kappa shape index (κ1) is 10.6. The highest BCUT2D eigenvalue weighted by Crippen LogP contribution is 2.27. The molecule has 0 saturated carbocycles. The first-order valence-electron chi connectivity index (χ1n) is 5.26. The minimum absolute atomic E-state index is 0.339. The van der Waals surface area contributed by atoms with Crippen LogP contribution in [0.2, 0.25) is 0 Å². The summed E-state index contributed by atoms with van der Waals surface area (Å²) in [6.45, 7) is 0. The van der Waals surface area contributed by atoms with Gasteiger partial charge in [-0.3, -0.25) is 0 Å². The molecule has 0 aromatic heterocycles. The van der Waals surface area contributed by atoms with Crippen molar-refractivity contribution in [2.75, 3.05) is 0 Å². The molecule has 3 heteroatoms. The van der Waals surface area contributed by atoms with Crippen LogP contribution in [-0.2, 0) is 12.8 Å². The van der Waals surface area contributed by atoms with E-state index in [2.05, 4.69) is 0 Å². The molecule has 1 unspecified atom stereocenters. The summed E-state index contributed by atoms with van der Waals surface area (Å²) in [5.41, 5.74) is 2.70. The minimum atomic E-state index is -2.70. The van der Waals surface area contributed by atoms with Crippen molar-refractivity contribution in [2.24, 2.45) is 0 Å². The molecule has 0 bridgehead atoms. The van der Waals surface area contributed by atoms with Crippen LogP contribution in [0.4, 0.5) is 8.78 Å². The van der Waals surface area contributed by atoms with Crippen molar-refractivity contribution in [3.63, 3.8) is 0 Å². The summed E-state index contributed by atoms with van der Waals surface area (Å²) in [4.78, 5) is 0. The number of hydrogen-bond acceptors (Lipinski definition) is 1. The predicted octanol–water partition coefficient (Wildman–Crippen LogP) is 2.86. The van der Waals surface area contributed by atoms with Crippen molar-refractivity contribution < 1.29 is 13.9 Å². The Bertz CT molecular complexity index is 349. The minimum Gasteiger partial charge on any atom is -0.382 e. The van der Waals surface area contributed by atoms with Crippen molar-refractivity contribution >= 4 is 0 Å². The highest BCUT2D eigenvalue weighted by molar-refractivity contribution is 5.34. The van der Waals surface area contributed by atoms with Crippen LogP contribution in [0.15, 0.2) is 18.2 Å². The Morgan fingerprint density at radius 1 is 1.07 bits per heavy atom. The van der Waals surface area contributed by atoms with Crippen LogP contribution in [-0.4, -0.2) is 11.5 Å². The fourth-order valence-electron chi connectivity index (χ4n) is 2.08. The van der Waals surface area contributed by atoms with E-state index in [0.29, 0.717) is 5.56 Å². The summed E-state index contributed by atoms with van der Waals surface area (Å²) in [5.74, 6) is 0. The molecule has 0 fully saturated rings. The maximum Gasteiger partial charge on any atom is 0.268 e. The van der Waals surface area contributed by atoms with Crippen LogP contribution in [0.25, 0.3) is 0 Å². The van der Waals surface area contributed by atoms with Gasteiger partial charge in [-0.1, -0.05) is 18.2 Å². The molecule has 1 aromatic rings. The second-order valence-electron chi connectivity index (χ2n) is 4.01. The Balaban J connectivity index is 2.27. The molecule has 0 saturated heterocycles. The number of fused-ring (bicyclic) bond motifs is 1. The Morgan fingerprint density at radius 3 is 2.40 bits per heavy atom. The summed E-state index contributed by atoms with van der Waals surface area (Å²) in [7, 11) is 0. The van der Waals surface area contributed by atoms with Gasteiger partial charge >= 0.3 is 0 Å². The van der Waals surface area contributed by atoms with E-state index in [9.17, 15) is 13.9 Å². The van der Waals surface area contributed by atoms with E-state index in [0.717, 1.165) is 24.8 Å². The molecule has 0 spiro atoms. The number of aliphatic hydroxyl groups is 1. The average molecular weight is 212 g/mol. The van der Waals surface area contributed by atoms with Crippen molar-refractivity contribution in [2.45, 2.75) is 38.2 Å². The predicted molar refractivity (Wildman–Crippen MR) is 54.0 cm³/mol. The normalized spacial score (nSPS) is 17.6. The lowest BCUT2D eigenvalue weighted by Gasteiger charge is -2.18. The van der Waals surface area contributed by atoms with E-state index in [1.807, 2.05) is 6.07 Å². The Hall–Kier alpha value is -0.960. The van der Waals surface area contributed by atoms with Gasteiger partial charge in [-0.05, 0) is 42.4 Å². The molecule has 1 aliphatic rings. The maximum atomic E-state index is 12.3. The highest BCUT2D eigenvalue weighted by atomic mass is 19.3. The quantitative estimate of drug-likeness (QED) is 0.799. The summed E-state index contributed by atoms with van der Waals surface area (Å²) in [6.07, 6.45) is -0.0892. The molecule has 82 valence electrons. The SMILES string of the molecule is OC(c1ccc2c(c1)CCCC2)C(F)F. The fraction of sp³-hybridized carbons (Fsp3) is 0.500. The fourth-order valence-corrected chi connectivity index (χ4v) is 2.08. The number of halogens is 2. The Morgan fingerprint density at radius 2 is 1.73 bits per heavy atom. The van der Waals surface area contributed by atoms with Gasteiger partial charge in [-0.25, -0.2) is 8.78 Å². The van der Waals surface area contributed by atoms with Gasteiger partial charge in [0.25, 0.3) is 6.43 Å². The van der Waals surface area contributed by atoms with Gasteiger partial charge < -0.3 is 5.11 Å². The summed E-state index contributed by atoms with van der Waals surface area (Å²) < 4.78 is 24.6. The first-order valence-corrected chi connectivity index (χ1v) is 5.26. The lowest BCUT2D eigenvalue weighted by atomic mass is 9.89. The third-order valence-corrected chi connectivity index (χ3v) is 2.95. The lowest BCUT2D eigenvalue weighted by molar-refractivity contribution is -0.00583. The number of aryl methyl sites for hydroxylation is 2. The molecule has 1 N–H and O–H groups in total. The summed E-state index contributed by atoms with van der Waals surface area (Å²) >= 11 is 0. The molecule has 15 heavy (non-hydrogen) atoms. The zero-order valence-corrected chi connectivity index (χ0v) is 8.42. The van der Waals surface area contributed by atoms with Crippen molar-refractivity contribution in [3.05, 3.63) is 34.9 Å². The standard InChI is InChI=1S/C12H14F2O/c13-12(14)11(15)10-6-5-8-3-1-2-4-9(8)7-10/h5-7,11-12,15H,1-4H2. The molecular weight excluding hydrogens is 198 g/mol. The zero-order valence-electron chi connectivity index (χ0n) is 8.42. The van der Waals surface area contributed by atoms with Crippen LogP contribution in [0, 0.1) is 0 Å². The molecule has 1 atom stereocenters. The van der Waals surface area contributed by atoms with Gasteiger partial charge in [0.05, 0.1) is 0 Å². The lowest BCUT2D eigenvalue weighted by Crippen LogP contribution is -2.10. The third-order valence-electron chi connectivity index (χ3n) is 2.95. The molecular formula is C12H14F2O. The van der Waals surface area contributed by atoms with Crippen LogP contribution in [0.3, 0.4) is 0 Å². The van der Waals surface area contributed by atoms with Crippen molar-refractivity contribution in [3.8, 4) is 0 Å². The van der Waals surface area contributed by atoms with Gasteiger partial charge in [-0.2, -0.15) is 0 Å². The number of rotatable bonds is 2. The van der Waals surface area contributed by atoms with Gasteiger partial charge in [0.1, 0.15) is 6.10 Å². The van der Waals surface area contributed by atoms with Crippen molar-refractivity contribution in [1.29, 1.82) is 0 Å². The molecule has 0 radical (unpaired) electrons. The number of hydrogen-bond donors (Lipinski definition) is 1. The van der Waals surface area contributed by atoms with Crippen LogP contribution in [0.1, 0.15) is 35.6 Å². The van der Waals surface area contributed by atoms with E-state index in [4.69, 9.17) is 0 Å². The van der Waals surface area contributed by atoms with E-state index < -0.39 is 12.5 Å². The van der Waals surface area contributed by atoms with Crippen LogP contribution >= 0.6 is 0 Å². The molecule has 1 aliphatic carbocycles. The van der Waals surface area contributed by atoms with Gasteiger partial charge in [-0.15, -0.1) is 0 Å². The number of alkyl halides is 2. The number of benzene rings is 1. The van der Waals surface area contributed by atoms with Crippen LogP contribution < -0.4 is 0 Å².